The van der Waals surface area contributed by atoms with Crippen molar-refractivity contribution in [1.82, 2.24) is 5.32 Å². The van der Waals surface area contributed by atoms with E-state index in [0.717, 1.165) is 25.3 Å². The molecule has 2 atom stereocenters. The number of hydrogen-bond donors (Lipinski definition) is 1. The fourth-order valence-electron chi connectivity index (χ4n) is 2.83. The zero-order valence-electron chi connectivity index (χ0n) is 12.3. The fraction of sp³-hybridized carbons (Fsp3) is 0.647. The second kappa shape index (κ2) is 6.59. The zero-order chi connectivity index (χ0) is 13.8. The van der Waals surface area contributed by atoms with E-state index in [1.165, 1.54) is 31.2 Å². The minimum absolute atomic E-state index is 0.387. The molecule has 1 aromatic rings. The molecule has 2 aliphatic rings. The van der Waals surface area contributed by atoms with Gasteiger partial charge in [-0.1, -0.05) is 19.1 Å². The van der Waals surface area contributed by atoms with Crippen molar-refractivity contribution in [2.75, 3.05) is 13.2 Å². The molecule has 1 aromatic carbocycles. The summed E-state index contributed by atoms with van der Waals surface area (Å²) in [5.74, 6) is 1.00. The van der Waals surface area contributed by atoms with E-state index in [-0.39, 0.29) is 0 Å². The van der Waals surface area contributed by atoms with Crippen molar-refractivity contribution in [1.29, 1.82) is 0 Å². The van der Waals surface area contributed by atoms with Crippen LogP contribution in [0.15, 0.2) is 24.3 Å². The van der Waals surface area contributed by atoms with E-state index in [2.05, 4.69) is 36.5 Å². The summed E-state index contributed by atoms with van der Waals surface area (Å²) in [7, 11) is 0. The van der Waals surface area contributed by atoms with Gasteiger partial charge in [-0.25, -0.2) is 0 Å². The first-order valence-corrected chi connectivity index (χ1v) is 7.96. The number of ether oxygens (including phenoxy) is 2. The molecule has 0 bridgehead atoms. The number of rotatable bonds is 7. The minimum Gasteiger partial charge on any atom is -0.490 e. The third-order valence-electron chi connectivity index (χ3n) is 4.08. The number of hydrogen-bond acceptors (Lipinski definition) is 3. The van der Waals surface area contributed by atoms with Gasteiger partial charge in [-0.3, -0.25) is 0 Å². The van der Waals surface area contributed by atoms with E-state index in [0.29, 0.717) is 18.2 Å². The van der Waals surface area contributed by atoms with Crippen LogP contribution in [0.2, 0.25) is 0 Å². The van der Waals surface area contributed by atoms with Crippen LogP contribution in [-0.4, -0.2) is 25.4 Å². The van der Waals surface area contributed by atoms with E-state index < -0.39 is 0 Å². The summed E-state index contributed by atoms with van der Waals surface area (Å²) in [6.07, 6.45) is 6.78. The Bertz CT molecular complexity index is 408. The van der Waals surface area contributed by atoms with Crippen LogP contribution in [0.1, 0.15) is 50.6 Å². The molecule has 0 radical (unpaired) electrons. The van der Waals surface area contributed by atoms with Crippen molar-refractivity contribution in [2.45, 2.75) is 57.3 Å². The Hall–Kier alpha value is -1.06. The molecule has 3 rings (SSSR count). The summed E-state index contributed by atoms with van der Waals surface area (Å²) in [5.41, 5.74) is 1.34. The van der Waals surface area contributed by atoms with Crippen molar-refractivity contribution in [2.24, 2.45) is 0 Å². The summed E-state index contributed by atoms with van der Waals surface area (Å²) in [5, 5.41) is 3.58. The van der Waals surface area contributed by atoms with E-state index in [1.807, 2.05) is 0 Å². The van der Waals surface area contributed by atoms with Gasteiger partial charge in [-0.05, 0) is 56.3 Å². The highest BCUT2D eigenvalue weighted by Crippen LogP contribution is 2.29. The molecule has 2 unspecified atom stereocenters. The average Bonchev–Trinajstić information content (AvgIpc) is 3.13. The molecule has 20 heavy (non-hydrogen) atoms. The highest BCUT2D eigenvalue weighted by molar-refractivity contribution is 5.29. The molecular formula is C17H25NO2. The lowest BCUT2D eigenvalue weighted by Gasteiger charge is -2.22. The van der Waals surface area contributed by atoms with Gasteiger partial charge < -0.3 is 14.8 Å². The Balaban J connectivity index is 1.62. The molecule has 0 amide bonds. The first kappa shape index (κ1) is 13.9. The molecule has 0 aromatic heterocycles. The first-order valence-electron chi connectivity index (χ1n) is 7.96. The predicted octanol–water partition coefficient (Wildman–Crippen LogP) is 3.45. The fourth-order valence-corrected chi connectivity index (χ4v) is 2.83. The summed E-state index contributed by atoms with van der Waals surface area (Å²) < 4.78 is 11.6. The second-order valence-electron chi connectivity index (χ2n) is 5.87. The minimum atomic E-state index is 0.387. The van der Waals surface area contributed by atoms with Gasteiger partial charge >= 0.3 is 0 Å². The zero-order valence-corrected chi connectivity index (χ0v) is 12.3. The van der Waals surface area contributed by atoms with Crippen molar-refractivity contribution >= 4 is 0 Å². The van der Waals surface area contributed by atoms with Crippen molar-refractivity contribution in [3.8, 4) is 5.75 Å². The lowest BCUT2D eigenvalue weighted by Crippen LogP contribution is -2.25. The molecule has 0 spiro atoms. The van der Waals surface area contributed by atoms with Crippen molar-refractivity contribution in [3.05, 3.63) is 29.8 Å². The Morgan fingerprint density at radius 1 is 1.25 bits per heavy atom. The SMILES string of the molecule is CCNC(CC1CCCO1)c1ccc(OC2CC2)cc1. The second-order valence-corrected chi connectivity index (χ2v) is 5.87. The van der Waals surface area contributed by atoms with Crippen molar-refractivity contribution in [3.63, 3.8) is 0 Å². The van der Waals surface area contributed by atoms with Crippen LogP contribution in [0.3, 0.4) is 0 Å². The van der Waals surface area contributed by atoms with E-state index in [9.17, 15) is 0 Å². The number of benzene rings is 1. The Labute approximate surface area is 121 Å². The molecule has 1 saturated heterocycles. The highest BCUT2D eigenvalue weighted by Gasteiger charge is 2.24. The summed E-state index contributed by atoms with van der Waals surface area (Å²) in [6, 6.07) is 8.99. The lowest BCUT2D eigenvalue weighted by atomic mass is 9.99. The molecule has 110 valence electrons. The summed E-state index contributed by atoms with van der Waals surface area (Å²) in [4.78, 5) is 0. The lowest BCUT2D eigenvalue weighted by molar-refractivity contribution is 0.0947. The molecule has 1 saturated carbocycles. The Morgan fingerprint density at radius 2 is 2.05 bits per heavy atom. The molecule has 2 fully saturated rings. The summed E-state index contributed by atoms with van der Waals surface area (Å²) >= 11 is 0. The third kappa shape index (κ3) is 3.74. The Kier molecular flexibility index (Phi) is 4.58. The standard InChI is InChI=1S/C17H25NO2/c1-2-18-17(12-16-4-3-11-19-16)13-5-7-14(8-6-13)20-15-9-10-15/h5-8,15-18H,2-4,9-12H2,1H3. The van der Waals surface area contributed by atoms with Crippen LogP contribution in [0, 0.1) is 0 Å². The van der Waals surface area contributed by atoms with Crippen LogP contribution < -0.4 is 10.1 Å². The highest BCUT2D eigenvalue weighted by atomic mass is 16.5. The monoisotopic (exact) mass is 275 g/mol. The molecular weight excluding hydrogens is 250 g/mol. The van der Waals surface area contributed by atoms with Gasteiger partial charge in [0.1, 0.15) is 5.75 Å². The molecule has 1 aliphatic carbocycles. The average molecular weight is 275 g/mol. The van der Waals surface area contributed by atoms with Gasteiger partial charge in [-0.2, -0.15) is 0 Å². The van der Waals surface area contributed by atoms with Gasteiger partial charge in [0.2, 0.25) is 0 Å². The maximum atomic E-state index is 5.81. The maximum absolute atomic E-state index is 5.81. The smallest absolute Gasteiger partial charge is 0.119 e. The largest absolute Gasteiger partial charge is 0.490 e. The first-order chi connectivity index (χ1) is 9.85. The van der Waals surface area contributed by atoms with Crippen LogP contribution in [0.5, 0.6) is 5.75 Å². The van der Waals surface area contributed by atoms with Gasteiger partial charge in [-0.15, -0.1) is 0 Å². The van der Waals surface area contributed by atoms with Crippen LogP contribution in [0.4, 0.5) is 0 Å². The van der Waals surface area contributed by atoms with Gasteiger partial charge in [0.05, 0.1) is 12.2 Å². The van der Waals surface area contributed by atoms with Gasteiger partial charge in [0.25, 0.3) is 0 Å². The van der Waals surface area contributed by atoms with Crippen LogP contribution >= 0.6 is 0 Å². The summed E-state index contributed by atoms with van der Waals surface area (Å²) in [6.45, 7) is 4.07. The topological polar surface area (TPSA) is 30.5 Å². The van der Waals surface area contributed by atoms with E-state index >= 15 is 0 Å². The van der Waals surface area contributed by atoms with Gasteiger partial charge in [0, 0.05) is 12.6 Å². The number of nitrogens with one attached hydrogen (secondary N) is 1. The maximum Gasteiger partial charge on any atom is 0.119 e. The van der Waals surface area contributed by atoms with Crippen molar-refractivity contribution < 1.29 is 9.47 Å². The quantitative estimate of drug-likeness (QED) is 0.827. The molecule has 3 nitrogen and oxygen atoms in total. The molecule has 1 aliphatic heterocycles. The van der Waals surface area contributed by atoms with Crippen LogP contribution in [0.25, 0.3) is 0 Å². The van der Waals surface area contributed by atoms with Crippen LogP contribution in [-0.2, 0) is 4.74 Å². The normalized spacial score (nSPS) is 23.8. The van der Waals surface area contributed by atoms with E-state index in [4.69, 9.17) is 9.47 Å². The third-order valence-corrected chi connectivity index (χ3v) is 4.08. The van der Waals surface area contributed by atoms with E-state index in [1.54, 1.807) is 0 Å². The molecule has 1 N–H and O–H groups in total. The predicted molar refractivity (Wildman–Crippen MR) is 80.1 cm³/mol. The van der Waals surface area contributed by atoms with Gasteiger partial charge in [0.15, 0.2) is 0 Å². The Morgan fingerprint density at radius 3 is 2.65 bits per heavy atom. The molecule has 1 heterocycles. The molecule has 3 heteroatoms.